The van der Waals surface area contributed by atoms with Gasteiger partial charge >= 0.3 is 0 Å². The highest BCUT2D eigenvalue weighted by Crippen LogP contribution is 2.32. The summed E-state index contributed by atoms with van der Waals surface area (Å²) in [4.78, 5) is 25.0. The Bertz CT molecular complexity index is 1240. The molecule has 2 N–H and O–H groups in total. The molecule has 1 saturated heterocycles. The van der Waals surface area contributed by atoms with E-state index in [2.05, 4.69) is 15.5 Å². The summed E-state index contributed by atoms with van der Waals surface area (Å²) in [5, 5.41) is 21.8. The highest BCUT2D eigenvalue weighted by atomic mass is 32.1. The minimum atomic E-state index is -0.746. The van der Waals surface area contributed by atoms with Crippen molar-refractivity contribution >= 4 is 17.2 Å². The summed E-state index contributed by atoms with van der Waals surface area (Å²) in [5.74, 6) is -2.59. The molecule has 5 rings (SSSR count). The van der Waals surface area contributed by atoms with Crippen LogP contribution < -0.4 is 10.7 Å². The molecule has 1 aromatic carbocycles. The van der Waals surface area contributed by atoms with E-state index in [1.807, 2.05) is 0 Å². The number of aromatic hydroxyl groups is 1. The van der Waals surface area contributed by atoms with Gasteiger partial charge in [0.25, 0.3) is 5.91 Å². The number of pyridine rings is 1. The Kier molecular flexibility index (Phi) is 4.36. The zero-order chi connectivity index (χ0) is 21.0. The van der Waals surface area contributed by atoms with Gasteiger partial charge in [-0.05, 0) is 11.6 Å². The fourth-order valence-corrected chi connectivity index (χ4v) is 4.58. The molecule has 30 heavy (non-hydrogen) atoms. The molecule has 3 aromatic rings. The monoisotopic (exact) mass is 432 g/mol. The maximum absolute atomic E-state index is 13.9. The molecule has 4 heterocycles. The summed E-state index contributed by atoms with van der Waals surface area (Å²) >= 11 is 1.05. The third kappa shape index (κ3) is 2.97. The summed E-state index contributed by atoms with van der Waals surface area (Å²) in [7, 11) is 0. The van der Waals surface area contributed by atoms with Crippen molar-refractivity contribution in [2.75, 3.05) is 13.2 Å². The number of fused-ring (bicyclic) bond motifs is 3. The van der Waals surface area contributed by atoms with Crippen molar-refractivity contribution in [3.63, 3.8) is 0 Å². The fraction of sp³-hybridized carbons (Fsp3) is 0.263. The van der Waals surface area contributed by atoms with Crippen LogP contribution >= 0.6 is 11.3 Å². The van der Waals surface area contributed by atoms with E-state index in [9.17, 15) is 23.5 Å². The van der Waals surface area contributed by atoms with E-state index in [-0.39, 0.29) is 40.3 Å². The van der Waals surface area contributed by atoms with E-state index in [0.29, 0.717) is 18.2 Å². The van der Waals surface area contributed by atoms with Gasteiger partial charge in [-0.1, -0.05) is 17.4 Å². The Morgan fingerprint density at radius 3 is 2.90 bits per heavy atom. The van der Waals surface area contributed by atoms with Crippen molar-refractivity contribution < 1.29 is 23.4 Å². The van der Waals surface area contributed by atoms with Crippen LogP contribution in [-0.2, 0) is 11.2 Å². The molecule has 0 saturated carbocycles. The van der Waals surface area contributed by atoms with Gasteiger partial charge in [0.2, 0.25) is 5.43 Å². The number of nitrogens with zero attached hydrogens (tertiary/aromatic N) is 3. The number of hydrogen-bond donors (Lipinski definition) is 2. The lowest BCUT2D eigenvalue weighted by molar-refractivity contribution is 0.0886. The molecule has 0 bridgehead atoms. The van der Waals surface area contributed by atoms with E-state index in [4.69, 9.17) is 4.74 Å². The predicted molar refractivity (Wildman–Crippen MR) is 102 cm³/mol. The number of carbonyl (C=O) groups excluding carboxylic acids is 1. The molecule has 0 radical (unpaired) electrons. The molecule has 2 aliphatic heterocycles. The van der Waals surface area contributed by atoms with Crippen molar-refractivity contribution in [2.45, 2.75) is 18.5 Å². The Balaban J connectivity index is 1.54. The molecule has 0 aliphatic carbocycles. The molecule has 1 fully saturated rings. The average Bonchev–Trinajstić information content (AvgIpc) is 3.36. The Morgan fingerprint density at radius 1 is 1.27 bits per heavy atom. The Hall–Kier alpha value is -3.18. The van der Waals surface area contributed by atoms with Crippen LogP contribution in [0.5, 0.6) is 5.75 Å². The second kappa shape index (κ2) is 6.96. The van der Waals surface area contributed by atoms with Crippen LogP contribution in [-0.4, -0.2) is 45.0 Å². The third-order valence-electron chi connectivity index (χ3n) is 5.20. The maximum atomic E-state index is 13.9. The summed E-state index contributed by atoms with van der Waals surface area (Å²) in [5.41, 5.74) is -0.537. The third-order valence-corrected chi connectivity index (χ3v) is 6.16. The fourth-order valence-electron chi connectivity index (χ4n) is 3.71. The number of aromatic nitrogens is 3. The quantitative estimate of drug-likeness (QED) is 0.652. The van der Waals surface area contributed by atoms with Crippen molar-refractivity contribution in [1.29, 1.82) is 0 Å². The molecule has 154 valence electrons. The van der Waals surface area contributed by atoms with Gasteiger partial charge < -0.3 is 19.7 Å². The first-order valence-electron chi connectivity index (χ1n) is 9.05. The molecule has 0 spiro atoms. The zero-order valence-corrected chi connectivity index (χ0v) is 16.1. The summed E-state index contributed by atoms with van der Waals surface area (Å²) < 4.78 is 34.0. The number of ether oxygens (including phenoxy) is 1. The number of hydrogen-bond acceptors (Lipinski definition) is 7. The van der Waals surface area contributed by atoms with Gasteiger partial charge in [-0.15, -0.1) is 10.2 Å². The Labute approximate surface area is 171 Å². The van der Waals surface area contributed by atoms with Crippen LogP contribution in [0.3, 0.4) is 0 Å². The lowest BCUT2D eigenvalue weighted by Crippen LogP contribution is -2.48. The molecule has 2 aromatic heterocycles. The van der Waals surface area contributed by atoms with Crippen LogP contribution in [0.1, 0.15) is 27.1 Å². The van der Waals surface area contributed by atoms with Crippen LogP contribution in [0.25, 0.3) is 10.6 Å². The van der Waals surface area contributed by atoms with Gasteiger partial charge in [-0.25, -0.2) is 8.78 Å². The number of halogens is 2. The smallest absolute Gasteiger partial charge is 0.272 e. The van der Waals surface area contributed by atoms with Crippen molar-refractivity contribution in [3.8, 4) is 16.3 Å². The summed E-state index contributed by atoms with van der Waals surface area (Å²) in [6.45, 7) is 0.662. The van der Waals surface area contributed by atoms with E-state index in [1.165, 1.54) is 12.3 Å². The number of benzene rings is 1. The van der Waals surface area contributed by atoms with Crippen LogP contribution in [0, 0.1) is 11.6 Å². The molecular weight excluding hydrogens is 418 g/mol. The lowest BCUT2D eigenvalue weighted by Gasteiger charge is -2.30. The van der Waals surface area contributed by atoms with Gasteiger partial charge in [0.1, 0.15) is 16.6 Å². The van der Waals surface area contributed by atoms with Crippen molar-refractivity contribution in [2.24, 2.45) is 0 Å². The minimum absolute atomic E-state index is 0.0724. The van der Waals surface area contributed by atoms with Gasteiger partial charge in [0.15, 0.2) is 16.5 Å². The Morgan fingerprint density at radius 2 is 2.10 bits per heavy atom. The largest absolute Gasteiger partial charge is 0.503 e. The molecule has 1 amide bonds. The molecule has 0 unspecified atom stereocenters. The van der Waals surface area contributed by atoms with Crippen molar-refractivity contribution in [1.82, 2.24) is 20.1 Å². The van der Waals surface area contributed by atoms with E-state index >= 15 is 0 Å². The van der Waals surface area contributed by atoms with E-state index in [1.54, 1.807) is 4.57 Å². The summed E-state index contributed by atoms with van der Waals surface area (Å²) in [6, 6.07) is 2.75. The molecule has 11 heteroatoms. The molecule has 2 aliphatic rings. The van der Waals surface area contributed by atoms with Gasteiger partial charge in [0.05, 0.1) is 30.9 Å². The summed E-state index contributed by atoms with van der Waals surface area (Å²) in [6.07, 6.45) is 1.55. The van der Waals surface area contributed by atoms with Crippen molar-refractivity contribution in [3.05, 3.63) is 62.5 Å². The SMILES string of the molecule is O=C1N[C@H]2COC[C@@H]2n2cc(-c3nnc(Cc4ccc(F)cc4F)s3)c(=O)c(O)c21. The standard InChI is InChI=1S/C19H14F2N4O4S/c20-9-2-1-8(11(21)4-9)3-14-23-24-19(30-14)10-5-25-13-7-29-6-12(13)22-18(28)15(25)17(27)16(10)26/h1-2,4-5,12-13,27H,3,6-7H2,(H,22,28)/t12-,13-/m0/s1. The number of nitrogens with one attached hydrogen (secondary N) is 1. The predicted octanol–water partition coefficient (Wildman–Crippen LogP) is 1.62. The second-order valence-corrected chi connectivity index (χ2v) is 8.14. The average molecular weight is 432 g/mol. The van der Waals surface area contributed by atoms with Gasteiger partial charge in [-0.2, -0.15) is 0 Å². The first-order valence-corrected chi connectivity index (χ1v) is 9.87. The minimum Gasteiger partial charge on any atom is -0.503 e. The second-order valence-electron chi connectivity index (χ2n) is 7.07. The highest BCUT2D eigenvalue weighted by Gasteiger charge is 2.39. The molecule has 8 nitrogen and oxygen atoms in total. The van der Waals surface area contributed by atoms with Gasteiger partial charge in [-0.3, -0.25) is 9.59 Å². The van der Waals surface area contributed by atoms with Crippen LogP contribution in [0.15, 0.2) is 29.2 Å². The van der Waals surface area contributed by atoms with Crippen LogP contribution in [0.4, 0.5) is 8.78 Å². The zero-order valence-electron chi connectivity index (χ0n) is 15.3. The normalized spacial score (nSPS) is 20.0. The number of amides is 1. The highest BCUT2D eigenvalue weighted by molar-refractivity contribution is 7.14. The number of rotatable bonds is 3. The first-order chi connectivity index (χ1) is 14.4. The maximum Gasteiger partial charge on any atom is 0.272 e. The molecule has 2 atom stereocenters. The first kappa shape index (κ1) is 18.8. The van der Waals surface area contributed by atoms with E-state index < -0.39 is 28.7 Å². The number of carbonyl (C=O) groups is 1. The van der Waals surface area contributed by atoms with E-state index in [0.717, 1.165) is 23.5 Å². The lowest BCUT2D eigenvalue weighted by atomic mass is 10.0. The topological polar surface area (TPSA) is 106 Å². The molecular formula is C19H14F2N4O4S. The van der Waals surface area contributed by atoms with Gasteiger partial charge in [0, 0.05) is 18.7 Å². The van der Waals surface area contributed by atoms with Crippen LogP contribution in [0.2, 0.25) is 0 Å².